The Morgan fingerprint density at radius 3 is 1.84 bits per heavy atom. The molecule has 1 aromatic rings. The molecule has 0 heterocycles. The van der Waals surface area contributed by atoms with Crippen molar-refractivity contribution in [2.45, 2.75) is 96.8 Å². The zero-order valence-electron chi connectivity index (χ0n) is 21.6. The van der Waals surface area contributed by atoms with Crippen LogP contribution in [0.3, 0.4) is 0 Å². The number of nitrogens with one attached hydrogen (secondary N) is 1. The molecule has 180 valence electrons. The van der Waals surface area contributed by atoms with E-state index >= 15 is 0 Å². The van der Waals surface area contributed by atoms with Crippen LogP contribution >= 0.6 is 0 Å². The maximum atomic E-state index is 11.9. The van der Waals surface area contributed by atoms with Gasteiger partial charge in [0, 0.05) is 0 Å². The van der Waals surface area contributed by atoms with E-state index in [1.54, 1.807) is 31.4 Å². The third-order valence-electron chi connectivity index (χ3n) is 5.23. The number of rotatable bonds is 20. The number of ether oxygens (including phenoxy) is 1. The van der Waals surface area contributed by atoms with Crippen LogP contribution in [0.4, 0.5) is 5.69 Å². The smallest absolute Gasteiger partial charge is 1.00 e. The summed E-state index contributed by atoms with van der Waals surface area (Å²) in [6.45, 7) is 2.47. The van der Waals surface area contributed by atoms with Crippen molar-refractivity contribution in [1.82, 2.24) is 0 Å². The van der Waals surface area contributed by atoms with Crippen molar-refractivity contribution in [3.8, 4) is 5.75 Å². The van der Waals surface area contributed by atoms with Crippen LogP contribution < -0.4 is 39.0 Å². The Balaban J connectivity index is 0. The number of benzene rings is 1. The monoisotopic (exact) mass is 477 g/mol. The summed E-state index contributed by atoms with van der Waals surface area (Å²) >= 11 is 0. The van der Waals surface area contributed by atoms with Crippen LogP contribution in [0.25, 0.3) is 0 Å². The second kappa shape index (κ2) is 21.0. The van der Waals surface area contributed by atoms with E-state index in [2.05, 4.69) is 23.8 Å². The summed E-state index contributed by atoms with van der Waals surface area (Å²) in [6.07, 6.45) is 21.8. The van der Waals surface area contributed by atoms with Gasteiger partial charge in [-0.2, -0.15) is 8.42 Å². The van der Waals surface area contributed by atoms with E-state index in [4.69, 9.17) is 8.92 Å². The van der Waals surface area contributed by atoms with Crippen molar-refractivity contribution in [3.63, 3.8) is 0 Å². The molecule has 0 aliphatic heterocycles. The number of hydrogen-bond acceptors (Lipinski definition) is 4. The summed E-state index contributed by atoms with van der Waals surface area (Å²) < 4.78 is 36.4. The van der Waals surface area contributed by atoms with E-state index in [1.807, 2.05) is 0 Å². The fourth-order valence-corrected chi connectivity index (χ4v) is 4.17. The van der Waals surface area contributed by atoms with Crippen molar-refractivity contribution in [2.75, 3.05) is 18.4 Å². The maximum Gasteiger partial charge on any atom is 1.00 e. The molecular weight excluding hydrogens is 433 g/mol. The first-order valence-electron chi connectivity index (χ1n) is 12.0. The number of allylic oxidation sites excluding steroid dienone is 2. The van der Waals surface area contributed by atoms with E-state index in [-0.39, 0.29) is 37.6 Å². The average molecular weight is 478 g/mol. The molecule has 0 spiro atoms. The van der Waals surface area contributed by atoms with Crippen LogP contribution in [0.15, 0.2) is 36.4 Å². The fourth-order valence-electron chi connectivity index (χ4n) is 3.35. The third-order valence-corrected chi connectivity index (χ3v) is 6.19. The molecule has 5 nitrogen and oxygen atoms in total. The third kappa shape index (κ3) is 18.0. The van der Waals surface area contributed by atoms with Crippen LogP contribution in [-0.4, -0.2) is 22.1 Å². The molecule has 0 unspecified atom stereocenters. The molecule has 32 heavy (non-hydrogen) atoms. The van der Waals surface area contributed by atoms with Gasteiger partial charge in [0.05, 0.1) is 19.4 Å². The second-order valence-corrected chi connectivity index (χ2v) is 9.39. The van der Waals surface area contributed by atoms with Gasteiger partial charge in [-0.25, -0.2) is 0 Å². The van der Waals surface area contributed by atoms with Gasteiger partial charge >= 0.3 is 39.9 Å². The van der Waals surface area contributed by atoms with E-state index < -0.39 is 10.3 Å². The first-order chi connectivity index (χ1) is 15.1. The minimum atomic E-state index is -3.77. The average Bonchev–Trinajstić information content (AvgIpc) is 2.76. The topological polar surface area (TPSA) is 64.6 Å². The molecule has 0 amide bonds. The summed E-state index contributed by atoms with van der Waals surface area (Å²) in [5.74, 6) is 0.674. The van der Waals surface area contributed by atoms with E-state index in [1.165, 1.54) is 70.6 Å². The molecule has 0 aromatic heterocycles. The summed E-state index contributed by atoms with van der Waals surface area (Å²) in [7, 11) is -2.21. The minimum absolute atomic E-state index is 0. The molecule has 0 radical (unpaired) electrons. The first kappa shape index (κ1) is 31.5. The van der Waals surface area contributed by atoms with Crippen molar-refractivity contribution in [1.29, 1.82) is 0 Å². The summed E-state index contributed by atoms with van der Waals surface area (Å²) in [5.41, 5.74) is 0.460. The van der Waals surface area contributed by atoms with Crippen LogP contribution in [0.2, 0.25) is 0 Å². The van der Waals surface area contributed by atoms with E-state index in [9.17, 15) is 8.42 Å². The van der Waals surface area contributed by atoms with Crippen LogP contribution in [0, 0.1) is 0 Å². The van der Waals surface area contributed by atoms with Gasteiger partial charge in [0.15, 0.2) is 0 Å². The Hall–Kier alpha value is -0.530. The van der Waals surface area contributed by atoms with Crippen molar-refractivity contribution in [2.24, 2.45) is 0 Å². The maximum absolute atomic E-state index is 11.9. The summed E-state index contributed by atoms with van der Waals surface area (Å²) in [6, 6.07) is 6.68. The van der Waals surface area contributed by atoms with Crippen LogP contribution in [-0.2, 0) is 14.5 Å². The molecule has 0 aliphatic rings. The molecule has 0 atom stereocenters. The van der Waals surface area contributed by atoms with Gasteiger partial charge in [0.25, 0.3) is 0 Å². The van der Waals surface area contributed by atoms with Gasteiger partial charge in [-0.1, -0.05) is 76.9 Å². The van der Waals surface area contributed by atoms with Crippen molar-refractivity contribution in [3.05, 3.63) is 36.4 Å². The Bertz CT molecular complexity index is 684. The normalized spacial score (nSPS) is 11.4. The molecule has 1 aromatic carbocycles. The molecule has 0 saturated carbocycles. The zero-order valence-corrected chi connectivity index (χ0v) is 23.4. The Morgan fingerprint density at radius 1 is 0.812 bits per heavy atom. The quantitative estimate of drug-likeness (QED) is 0.170. The zero-order chi connectivity index (χ0) is 22.6. The van der Waals surface area contributed by atoms with Gasteiger partial charge in [-0.15, -0.1) is 0 Å². The molecule has 0 aliphatic carbocycles. The van der Waals surface area contributed by atoms with E-state index in [0.29, 0.717) is 11.4 Å². The van der Waals surface area contributed by atoms with Crippen molar-refractivity contribution < 1.29 is 48.3 Å². The molecule has 0 fully saturated rings. The molecule has 1 rings (SSSR count). The number of unbranched alkanes of at least 4 members (excludes halogenated alkanes) is 12. The Kier molecular flexibility index (Phi) is 20.7. The first-order valence-corrected chi connectivity index (χ1v) is 13.4. The SMILES string of the molecule is CCCCCCCC/C=C\CCCCCCCCOS(=O)(=O)Nc1ccc(OC)cc1.[H-].[Na+]. The second-order valence-electron chi connectivity index (χ2n) is 8.04. The number of anilines is 1. The Labute approximate surface area is 220 Å². The van der Waals surface area contributed by atoms with Gasteiger partial charge in [0.1, 0.15) is 5.75 Å². The number of methoxy groups -OCH3 is 1. The predicted octanol–water partition coefficient (Wildman–Crippen LogP) is 4.52. The van der Waals surface area contributed by atoms with Gasteiger partial charge in [-0.05, 0) is 56.4 Å². The minimum Gasteiger partial charge on any atom is -1.00 e. The van der Waals surface area contributed by atoms with E-state index in [0.717, 1.165) is 19.3 Å². The number of hydrogen-bond donors (Lipinski definition) is 1. The standard InChI is InChI=1S/C25H43NO4S.Na.H/c1-3-4-5-6-7-8-9-10-11-12-13-14-15-16-17-18-23-30-31(27,28)26-24-19-21-25(29-2)22-20-24;;/h10-11,19-22,26H,3-9,12-18,23H2,1-2H3;;/q;+1;-1/b11-10-;;. The molecule has 7 heteroatoms. The summed E-state index contributed by atoms with van der Waals surface area (Å²) in [5, 5.41) is 0. The molecule has 1 N–H and O–H groups in total. The van der Waals surface area contributed by atoms with Crippen LogP contribution in [0.1, 0.15) is 98.2 Å². The fraction of sp³-hybridized carbons (Fsp3) is 0.680. The van der Waals surface area contributed by atoms with Crippen molar-refractivity contribution >= 4 is 16.0 Å². The van der Waals surface area contributed by atoms with Gasteiger partial charge in [-0.3, -0.25) is 8.91 Å². The Morgan fingerprint density at radius 2 is 1.31 bits per heavy atom. The van der Waals surface area contributed by atoms with Gasteiger partial charge < -0.3 is 6.16 Å². The predicted molar refractivity (Wildman–Crippen MR) is 132 cm³/mol. The van der Waals surface area contributed by atoms with Crippen LogP contribution in [0.5, 0.6) is 5.75 Å². The molecular formula is C25H44NNaO4S. The molecule has 0 bridgehead atoms. The summed E-state index contributed by atoms with van der Waals surface area (Å²) in [4.78, 5) is 0. The van der Waals surface area contributed by atoms with Gasteiger partial charge in [0.2, 0.25) is 0 Å². The molecule has 0 saturated heterocycles. The largest absolute Gasteiger partial charge is 1.00 e.